The van der Waals surface area contributed by atoms with Gasteiger partial charge in [0.15, 0.2) is 0 Å². The second kappa shape index (κ2) is 9.05. The summed E-state index contributed by atoms with van der Waals surface area (Å²) in [5.74, 6) is -0.667. The second-order valence-corrected chi connectivity index (χ2v) is 5.95. The molecular weight excluding hydrogens is 372 g/mol. The summed E-state index contributed by atoms with van der Waals surface area (Å²) in [6, 6.07) is 20.9. The molecule has 0 fully saturated rings. The number of nitrogens with one attached hydrogen (secondary N) is 2. The lowest BCUT2D eigenvalue weighted by Crippen LogP contribution is -2.17. The second-order valence-electron chi connectivity index (χ2n) is 5.95. The van der Waals surface area contributed by atoms with Crippen LogP contribution in [0.1, 0.15) is 26.3 Å². The van der Waals surface area contributed by atoms with Crippen molar-refractivity contribution in [2.75, 3.05) is 5.32 Å². The van der Waals surface area contributed by atoms with Gasteiger partial charge in [-0.2, -0.15) is 5.10 Å². The first kappa shape index (κ1) is 19.4. The van der Waals surface area contributed by atoms with E-state index in [2.05, 4.69) is 15.8 Å². The monoisotopic (exact) mass is 388 g/mol. The lowest BCUT2D eigenvalue weighted by molar-refractivity contribution is -0.384. The topological polar surface area (TPSA) is 114 Å². The van der Waals surface area contributed by atoms with Crippen LogP contribution in [0.2, 0.25) is 0 Å². The molecule has 29 heavy (non-hydrogen) atoms. The van der Waals surface area contributed by atoms with E-state index in [0.29, 0.717) is 22.4 Å². The summed E-state index contributed by atoms with van der Waals surface area (Å²) in [4.78, 5) is 34.4. The van der Waals surface area contributed by atoms with E-state index in [1.807, 2.05) is 6.07 Å². The molecule has 0 bridgehead atoms. The molecule has 0 aliphatic heterocycles. The molecule has 3 rings (SSSR count). The van der Waals surface area contributed by atoms with E-state index in [4.69, 9.17) is 0 Å². The maximum atomic E-state index is 12.1. The third kappa shape index (κ3) is 5.33. The fraction of sp³-hybridized carbons (Fsp3) is 0. The van der Waals surface area contributed by atoms with E-state index >= 15 is 0 Å². The first-order chi connectivity index (χ1) is 14.0. The first-order valence-corrected chi connectivity index (χ1v) is 8.57. The van der Waals surface area contributed by atoms with E-state index in [9.17, 15) is 19.7 Å². The van der Waals surface area contributed by atoms with Gasteiger partial charge in [0.1, 0.15) is 0 Å². The molecule has 0 radical (unpaired) electrons. The van der Waals surface area contributed by atoms with Gasteiger partial charge in [-0.15, -0.1) is 0 Å². The Balaban J connectivity index is 1.56. The summed E-state index contributed by atoms with van der Waals surface area (Å²) in [5, 5.41) is 17.2. The number of carbonyl (C=O) groups is 2. The van der Waals surface area contributed by atoms with Crippen LogP contribution in [0.4, 0.5) is 11.4 Å². The van der Waals surface area contributed by atoms with E-state index in [-0.39, 0.29) is 11.6 Å². The Morgan fingerprint density at radius 3 is 2.07 bits per heavy atom. The van der Waals surface area contributed by atoms with Gasteiger partial charge in [0.2, 0.25) is 0 Å². The van der Waals surface area contributed by atoms with Crippen molar-refractivity contribution in [1.29, 1.82) is 0 Å². The van der Waals surface area contributed by atoms with Crippen molar-refractivity contribution in [3.05, 3.63) is 106 Å². The molecule has 0 aliphatic rings. The summed E-state index contributed by atoms with van der Waals surface area (Å²) < 4.78 is 0. The summed E-state index contributed by atoms with van der Waals surface area (Å²) in [6.07, 6.45) is 1.38. The number of amides is 2. The lowest BCUT2D eigenvalue weighted by Gasteiger charge is -2.06. The zero-order chi connectivity index (χ0) is 20.6. The van der Waals surface area contributed by atoms with Crippen LogP contribution in [0, 0.1) is 10.1 Å². The molecule has 0 saturated carbocycles. The largest absolute Gasteiger partial charge is 0.322 e. The molecule has 0 atom stereocenters. The van der Waals surface area contributed by atoms with Crippen LogP contribution in [-0.2, 0) is 0 Å². The normalized spacial score (nSPS) is 10.5. The third-order valence-electron chi connectivity index (χ3n) is 3.92. The van der Waals surface area contributed by atoms with Gasteiger partial charge < -0.3 is 5.32 Å². The Bertz CT molecular complexity index is 1050. The van der Waals surface area contributed by atoms with Gasteiger partial charge in [-0.25, -0.2) is 5.43 Å². The molecule has 0 aromatic heterocycles. The number of anilines is 1. The number of hydrazone groups is 1. The number of carbonyl (C=O) groups excluding carboxylic acids is 2. The Hall–Kier alpha value is -4.33. The first-order valence-electron chi connectivity index (χ1n) is 8.57. The molecule has 3 aromatic rings. The molecule has 3 aromatic carbocycles. The van der Waals surface area contributed by atoms with E-state index in [1.165, 1.54) is 30.5 Å². The highest BCUT2D eigenvalue weighted by molar-refractivity contribution is 6.04. The van der Waals surface area contributed by atoms with Crippen molar-refractivity contribution in [2.24, 2.45) is 5.10 Å². The summed E-state index contributed by atoms with van der Waals surface area (Å²) in [5.41, 5.74) is 4.43. The van der Waals surface area contributed by atoms with Gasteiger partial charge in [-0.05, 0) is 54.1 Å². The maximum absolute atomic E-state index is 12.1. The van der Waals surface area contributed by atoms with Gasteiger partial charge in [0.25, 0.3) is 17.5 Å². The summed E-state index contributed by atoms with van der Waals surface area (Å²) >= 11 is 0. The predicted molar refractivity (Wildman–Crippen MR) is 109 cm³/mol. The van der Waals surface area contributed by atoms with E-state index in [0.717, 1.165) is 0 Å². The van der Waals surface area contributed by atoms with Crippen LogP contribution >= 0.6 is 0 Å². The minimum Gasteiger partial charge on any atom is -0.322 e. The molecule has 144 valence electrons. The van der Waals surface area contributed by atoms with Gasteiger partial charge in [0.05, 0.1) is 11.1 Å². The van der Waals surface area contributed by atoms with Crippen molar-refractivity contribution >= 4 is 29.4 Å². The minimum atomic E-state index is -0.491. The lowest BCUT2D eigenvalue weighted by atomic mass is 10.1. The zero-order valence-electron chi connectivity index (χ0n) is 15.1. The molecule has 8 heteroatoms. The number of hydrogen-bond acceptors (Lipinski definition) is 5. The molecule has 8 nitrogen and oxygen atoms in total. The van der Waals surface area contributed by atoms with Crippen molar-refractivity contribution in [3.63, 3.8) is 0 Å². The predicted octanol–water partition coefficient (Wildman–Crippen LogP) is 3.61. The highest BCUT2D eigenvalue weighted by Gasteiger charge is 2.07. The fourth-order valence-corrected chi connectivity index (χ4v) is 2.41. The van der Waals surface area contributed by atoms with E-state index in [1.54, 1.807) is 48.5 Å². The molecule has 0 saturated heterocycles. The highest BCUT2D eigenvalue weighted by Crippen LogP contribution is 2.12. The maximum Gasteiger partial charge on any atom is 0.271 e. The Labute approximate surface area is 166 Å². The molecule has 0 unspecified atom stereocenters. The van der Waals surface area contributed by atoms with Crippen molar-refractivity contribution in [3.8, 4) is 0 Å². The van der Waals surface area contributed by atoms with Crippen LogP contribution in [0.25, 0.3) is 0 Å². The molecule has 2 N–H and O–H groups in total. The average Bonchev–Trinajstić information content (AvgIpc) is 2.75. The highest BCUT2D eigenvalue weighted by atomic mass is 16.6. The van der Waals surface area contributed by atoms with Gasteiger partial charge in [0, 0.05) is 28.9 Å². The Morgan fingerprint density at radius 1 is 0.828 bits per heavy atom. The quantitative estimate of drug-likeness (QED) is 0.381. The van der Waals surface area contributed by atoms with Gasteiger partial charge in [-0.1, -0.05) is 18.2 Å². The molecule has 0 heterocycles. The number of hydrogen-bond donors (Lipinski definition) is 2. The summed E-state index contributed by atoms with van der Waals surface area (Å²) in [6.45, 7) is 0. The SMILES string of the molecule is O=C(NN=Cc1ccc([N+](=O)[O-])cc1)c1ccc(NC(=O)c2ccccc2)cc1. The summed E-state index contributed by atoms with van der Waals surface area (Å²) in [7, 11) is 0. The van der Waals surface area contributed by atoms with Crippen molar-refractivity contribution < 1.29 is 14.5 Å². The Kier molecular flexibility index (Phi) is 6.06. The van der Waals surface area contributed by atoms with Crippen LogP contribution in [0.5, 0.6) is 0 Å². The molecule has 2 amide bonds. The number of nitrogens with zero attached hydrogens (tertiary/aromatic N) is 2. The third-order valence-corrected chi connectivity index (χ3v) is 3.92. The zero-order valence-corrected chi connectivity index (χ0v) is 15.1. The van der Waals surface area contributed by atoms with Crippen LogP contribution in [-0.4, -0.2) is 23.0 Å². The number of nitro groups is 1. The van der Waals surface area contributed by atoms with Crippen LogP contribution < -0.4 is 10.7 Å². The number of rotatable bonds is 6. The number of benzene rings is 3. The fourth-order valence-electron chi connectivity index (χ4n) is 2.41. The standard InChI is InChI=1S/C21H16N4O4/c26-20(16-4-2-1-3-5-16)23-18-10-8-17(9-11-18)21(27)24-22-14-15-6-12-19(13-7-15)25(28)29/h1-14H,(H,23,26)(H,24,27). The van der Waals surface area contributed by atoms with Crippen LogP contribution in [0.3, 0.4) is 0 Å². The smallest absolute Gasteiger partial charge is 0.271 e. The molecule has 0 spiro atoms. The molecular formula is C21H16N4O4. The molecule has 0 aliphatic carbocycles. The Morgan fingerprint density at radius 2 is 1.45 bits per heavy atom. The minimum absolute atomic E-state index is 0.0226. The van der Waals surface area contributed by atoms with Crippen molar-refractivity contribution in [1.82, 2.24) is 5.43 Å². The van der Waals surface area contributed by atoms with E-state index < -0.39 is 10.8 Å². The van der Waals surface area contributed by atoms with Crippen molar-refractivity contribution in [2.45, 2.75) is 0 Å². The number of non-ortho nitro benzene ring substituents is 1. The van der Waals surface area contributed by atoms with Gasteiger partial charge >= 0.3 is 0 Å². The van der Waals surface area contributed by atoms with Gasteiger partial charge in [-0.3, -0.25) is 19.7 Å². The number of nitro benzene ring substituents is 1. The van der Waals surface area contributed by atoms with Crippen LogP contribution in [0.15, 0.2) is 84.0 Å². The average molecular weight is 388 g/mol.